The Bertz CT molecular complexity index is 366. The van der Waals surface area contributed by atoms with Gasteiger partial charge < -0.3 is 20.7 Å². The smallest absolute Gasteiger partial charge is 0.144 e. The van der Waals surface area contributed by atoms with Gasteiger partial charge in [0.2, 0.25) is 0 Å². The van der Waals surface area contributed by atoms with Crippen molar-refractivity contribution in [2.24, 2.45) is 0 Å². The Hall–Kier alpha value is -1.42. The molecule has 18 heavy (non-hydrogen) atoms. The predicted molar refractivity (Wildman–Crippen MR) is 78.3 cm³/mol. The summed E-state index contributed by atoms with van der Waals surface area (Å²) in [6.07, 6.45) is 0. The molecule has 1 aromatic carbocycles. The number of ether oxygens (including phenoxy) is 1. The number of nitrogens with zero attached hydrogens (tertiary/aromatic N) is 1. The van der Waals surface area contributed by atoms with E-state index in [4.69, 9.17) is 10.5 Å². The van der Waals surface area contributed by atoms with Crippen LogP contribution in [-0.2, 0) is 0 Å². The van der Waals surface area contributed by atoms with Crippen LogP contribution in [0.3, 0.4) is 0 Å². The van der Waals surface area contributed by atoms with Crippen molar-refractivity contribution in [2.75, 3.05) is 37.8 Å². The van der Waals surface area contributed by atoms with Gasteiger partial charge in [-0.3, -0.25) is 0 Å². The monoisotopic (exact) mass is 251 g/mol. The third-order valence-corrected chi connectivity index (χ3v) is 2.99. The van der Waals surface area contributed by atoms with Crippen LogP contribution in [0.1, 0.15) is 20.8 Å². The predicted octanol–water partition coefficient (Wildman–Crippen LogP) is 2.42. The lowest BCUT2D eigenvalue weighted by Gasteiger charge is -2.21. The van der Waals surface area contributed by atoms with Gasteiger partial charge in [0.05, 0.1) is 12.3 Å². The van der Waals surface area contributed by atoms with Crippen molar-refractivity contribution in [1.82, 2.24) is 4.90 Å². The fourth-order valence-corrected chi connectivity index (χ4v) is 1.56. The van der Waals surface area contributed by atoms with Crippen LogP contribution in [-0.4, -0.2) is 37.7 Å². The highest BCUT2D eigenvalue weighted by molar-refractivity contribution is 5.61. The van der Waals surface area contributed by atoms with Crippen molar-refractivity contribution in [3.8, 4) is 5.75 Å². The van der Waals surface area contributed by atoms with Crippen LogP contribution in [0, 0.1) is 0 Å². The van der Waals surface area contributed by atoms with Crippen LogP contribution in [0.15, 0.2) is 18.2 Å². The molecule has 0 spiro atoms. The van der Waals surface area contributed by atoms with E-state index < -0.39 is 0 Å². The lowest BCUT2D eigenvalue weighted by molar-refractivity contribution is 0.284. The first-order valence-electron chi connectivity index (χ1n) is 6.51. The van der Waals surface area contributed by atoms with Gasteiger partial charge >= 0.3 is 0 Å². The summed E-state index contributed by atoms with van der Waals surface area (Å²) in [6, 6.07) is 6.37. The molecule has 0 fully saturated rings. The summed E-state index contributed by atoms with van der Waals surface area (Å²) < 4.78 is 5.47. The van der Waals surface area contributed by atoms with Crippen LogP contribution in [0.25, 0.3) is 0 Å². The molecule has 102 valence electrons. The molecule has 0 saturated heterocycles. The number of hydrogen-bond donors (Lipinski definition) is 2. The van der Waals surface area contributed by atoms with Gasteiger partial charge in [0.15, 0.2) is 0 Å². The Balaban J connectivity index is 2.50. The van der Waals surface area contributed by atoms with E-state index in [0.29, 0.717) is 18.3 Å². The fourth-order valence-electron chi connectivity index (χ4n) is 1.56. The number of likely N-dealkylation sites (N-methyl/N-ethyl adjacent to an activating group) is 1. The lowest BCUT2D eigenvalue weighted by Crippen LogP contribution is -2.31. The van der Waals surface area contributed by atoms with Gasteiger partial charge in [-0.2, -0.15) is 0 Å². The zero-order valence-corrected chi connectivity index (χ0v) is 11.9. The van der Waals surface area contributed by atoms with Crippen molar-refractivity contribution in [2.45, 2.75) is 26.8 Å². The van der Waals surface area contributed by atoms with Crippen molar-refractivity contribution in [3.63, 3.8) is 0 Å². The highest BCUT2D eigenvalue weighted by atomic mass is 16.5. The summed E-state index contributed by atoms with van der Waals surface area (Å²) in [4.78, 5) is 2.30. The van der Waals surface area contributed by atoms with Gasteiger partial charge in [-0.1, -0.05) is 0 Å². The van der Waals surface area contributed by atoms with Crippen LogP contribution >= 0.6 is 0 Å². The number of rotatable bonds is 7. The molecule has 4 heteroatoms. The summed E-state index contributed by atoms with van der Waals surface area (Å²) in [5.41, 5.74) is 7.56. The third-order valence-electron chi connectivity index (χ3n) is 2.99. The molecule has 0 aliphatic carbocycles. The summed E-state index contributed by atoms with van der Waals surface area (Å²) in [5.74, 6) is 0.750. The van der Waals surface area contributed by atoms with Crippen LogP contribution in [0.2, 0.25) is 0 Å². The number of nitrogen functional groups attached to an aromatic ring is 1. The van der Waals surface area contributed by atoms with Gasteiger partial charge in [-0.15, -0.1) is 0 Å². The maximum atomic E-state index is 5.83. The summed E-state index contributed by atoms with van der Waals surface area (Å²) in [7, 11) is 2.13. The van der Waals surface area contributed by atoms with E-state index in [9.17, 15) is 0 Å². The van der Waals surface area contributed by atoms with Crippen LogP contribution < -0.4 is 15.8 Å². The van der Waals surface area contributed by atoms with Crippen LogP contribution in [0.4, 0.5) is 11.4 Å². The molecule has 0 bridgehead atoms. The van der Waals surface area contributed by atoms with Crippen molar-refractivity contribution < 1.29 is 4.74 Å². The molecule has 0 amide bonds. The molecule has 0 aliphatic heterocycles. The third kappa shape index (κ3) is 4.45. The number of nitrogens with two attached hydrogens (primary N) is 1. The van der Waals surface area contributed by atoms with E-state index in [0.717, 1.165) is 24.5 Å². The fraction of sp³-hybridized carbons (Fsp3) is 0.571. The lowest BCUT2D eigenvalue weighted by atomic mass is 10.2. The molecule has 1 rings (SSSR count). The zero-order valence-electron chi connectivity index (χ0n) is 11.9. The Labute approximate surface area is 110 Å². The molecule has 0 aliphatic rings. The van der Waals surface area contributed by atoms with Gasteiger partial charge in [0, 0.05) is 30.9 Å². The maximum Gasteiger partial charge on any atom is 0.144 e. The van der Waals surface area contributed by atoms with E-state index in [1.54, 1.807) is 0 Å². The Kier molecular flexibility index (Phi) is 5.78. The standard InChI is InChI=1S/C14H25N3O/c1-5-18-14-10-12(6-7-13(14)15)16-8-9-17(4)11(2)3/h6-7,10-11,16H,5,8-9,15H2,1-4H3. The van der Waals surface area contributed by atoms with Crippen molar-refractivity contribution >= 4 is 11.4 Å². The number of nitrogens with one attached hydrogen (secondary N) is 1. The van der Waals surface area contributed by atoms with E-state index in [-0.39, 0.29) is 0 Å². The highest BCUT2D eigenvalue weighted by Crippen LogP contribution is 2.25. The molecular formula is C14H25N3O. The molecule has 0 saturated carbocycles. The number of anilines is 2. The van der Waals surface area contributed by atoms with E-state index >= 15 is 0 Å². The second-order valence-electron chi connectivity index (χ2n) is 4.69. The SMILES string of the molecule is CCOc1cc(NCCN(C)C(C)C)ccc1N. The van der Waals surface area contributed by atoms with Gasteiger partial charge in [-0.25, -0.2) is 0 Å². The highest BCUT2D eigenvalue weighted by Gasteiger charge is 2.04. The average Bonchev–Trinajstić information content (AvgIpc) is 2.33. The number of benzene rings is 1. The zero-order chi connectivity index (χ0) is 13.5. The molecule has 0 radical (unpaired) electrons. The first-order chi connectivity index (χ1) is 8.54. The normalized spacial score (nSPS) is 11.0. The minimum Gasteiger partial charge on any atom is -0.492 e. The van der Waals surface area contributed by atoms with Crippen molar-refractivity contribution in [1.29, 1.82) is 0 Å². The molecule has 0 heterocycles. The second-order valence-corrected chi connectivity index (χ2v) is 4.69. The summed E-state index contributed by atoms with van der Waals surface area (Å²) in [6.45, 7) is 8.88. The number of hydrogen-bond acceptors (Lipinski definition) is 4. The summed E-state index contributed by atoms with van der Waals surface area (Å²) in [5, 5.41) is 3.38. The van der Waals surface area contributed by atoms with Crippen LogP contribution in [0.5, 0.6) is 5.75 Å². The Morgan fingerprint density at radius 3 is 2.72 bits per heavy atom. The summed E-state index contributed by atoms with van der Waals surface area (Å²) >= 11 is 0. The Morgan fingerprint density at radius 1 is 1.39 bits per heavy atom. The van der Waals surface area contributed by atoms with E-state index in [1.807, 2.05) is 25.1 Å². The topological polar surface area (TPSA) is 50.5 Å². The molecule has 4 nitrogen and oxygen atoms in total. The maximum absolute atomic E-state index is 5.83. The van der Waals surface area contributed by atoms with Gasteiger partial charge in [0.1, 0.15) is 5.75 Å². The first-order valence-corrected chi connectivity index (χ1v) is 6.51. The Morgan fingerprint density at radius 2 is 2.11 bits per heavy atom. The molecule has 1 aromatic rings. The molecular weight excluding hydrogens is 226 g/mol. The molecule has 3 N–H and O–H groups in total. The van der Waals surface area contributed by atoms with E-state index in [1.165, 1.54) is 0 Å². The minimum absolute atomic E-state index is 0.567. The molecule has 0 atom stereocenters. The molecule has 0 unspecified atom stereocenters. The van der Waals surface area contributed by atoms with Gasteiger partial charge in [-0.05, 0) is 40.0 Å². The van der Waals surface area contributed by atoms with Gasteiger partial charge in [0.25, 0.3) is 0 Å². The minimum atomic E-state index is 0.567. The second kappa shape index (κ2) is 7.11. The first kappa shape index (κ1) is 14.6. The van der Waals surface area contributed by atoms with E-state index in [2.05, 4.69) is 31.1 Å². The quantitative estimate of drug-likeness (QED) is 0.731. The molecule has 0 aromatic heterocycles. The largest absolute Gasteiger partial charge is 0.492 e. The average molecular weight is 251 g/mol. The van der Waals surface area contributed by atoms with Crippen molar-refractivity contribution in [3.05, 3.63) is 18.2 Å².